The van der Waals surface area contributed by atoms with Crippen molar-refractivity contribution < 1.29 is 27.4 Å². The van der Waals surface area contributed by atoms with Crippen molar-refractivity contribution in [2.24, 2.45) is 5.92 Å². The molecule has 166 valence electrons. The van der Waals surface area contributed by atoms with Crippen LogP contribution in [-0.4, -0.2) is 45.0 Å². The van der Waals surface area contributed by atoms with Crippen molar-refractivity contribution in [2.75, 3.05) is 26.3 Å². The van der Waals surface area contributed by atoms with E-state index in [4.69, 9.17) is 37.4 Å². The molecule has 4 rings (SSSR count). The summed E-state index contributed by atoms with van der Waals surface area (Å²) in [6, 6.07) is 9.58. The first-order valence-corrected chi connectivity index (χ1v) is 12.0. The van der Waals surface area contributed by atoms with Gasteiger partial charge in [0.15, 0.2) is 11.5 Å². The van der Waals surface area contributed by atoms with Crippen LogP contribution >= 0.6 is 23.2 Å². The Hall–Kier alpha value is -2.00. The Kier molecular flexibility index (Phi) is 6.62. The SMILES string of the molecule is O=C(OCc1ccc(Cl)cc1Cl)C1CCN(S(=O)(=O)c2ccc3c(c2)OCCO3)CC1. The maximum absolute atomic E-state index is 13.0. The lowest BCUT2D eigenvalue weighted by Crippen LogP contribution is -2.40. The topological polar surface area (TPSA) is 82.1 Å². The van der Waals surface area contributed by atoms with Crippen molar-refractivity contribution in [1.29, 1.82) is 0 Å². The van der Waals surface area contributed by atoms with Crippen LogP contribution in [0.2, 0.25) is 10.0 Å². The van der Waals surface area contributed by atoms with Crippen LogP contribution in [0.25, 0.3) is 0 Å². The summed E-state index contributed by atoms with van der Waals surface area (Å²) in [5, 5.41) is 0.937. The second-order valence-electron chi connectivity index (χ2n) is 7.33. The molecule has 10 heteroatoms. The predicted octanol–water partition coefficient (Wildman–Crippen LogP) is 3.91. The van der Waals surface area contributed by atoms with Gasteiger partial charge in [0.05, 0.1) is 10.8 Å². The zero-order chi connectivity index (χ0) is 22.0. The number of hydrogen-bond donors (Lipinski definition) is 0. The van der Waals surface area contributed by atoms with Crippen LogP contribution in [-0.2, 0) is 26.2 Å². The van der Waals surface area contributed by atoms with E-state index in [9.17, 15) is 13.2 Å². The largest absolute Gasteiger partial charge is 0.486 e. The second-order valence-corrected chi connectivity index (χ2v) is 10.1. The fourth-order valence-electron chi connectivity index (χ4n) is 3.57. The van der Waals surface area contributed by atoms with E-state index in [1.54, 1.807) is 24.3 Å². The number of benzene rings is 2. The van der Waals surface area contributed by atoms with Crippen LogP contribution in [0.5, 0.6) is 11.5 Å². The molecule has 1 saturated heterocycles. The van der Waals surface area contributed by atoms with Crippen molar-refractivity contribution in [1.82, 2.24) is 4.31 Å². The minimum atomic E-state index is -3.69. The van der Waals surface area contributed by atoms with Gasteiger partial charge in [-0.05, 0) is 37.1 Å². The van der Waals surface area contributed by atoms with Crippen molar-refractivity contribution in [3.8, 4) is 11.5 Å². The molecular weight excluding hydrogens is 465 g/mol. The highest BCUT2D eigenvalue weighted by Gasteiger charge is 2.33. The number of halogens is 2. The van der Waals surface area contributed by atoms with Crippen LogP contribution in [0, 0.1) is 5.92 Å². The average molecular weight is 486 g/mol. The fourth-order valence-corrected chi connectivity index (χ4v) is 5.52. The van der Waals surface area contributed by atoms with Crippen molar-refractivity contribution in [3.05, 3.63) is 52.0 Å². The number of carbonyl (C=O) groups excluding carboxylic acids is 1. The summed E-state index contributed by atoms with van der Waals surface area (Å²) in [7, 11) is -3.69. The van der Waals surface area contributed by atoms with E-state index in [1.807, 2.05) is 0 Å². The van der Waals surface area contributed by atoms with E-state index >= 15 is 0 Å². The number of ether oxygens (including phenoxy) is 3. The zero-order valence-electron chi connectivity index (χ0n) is 16.6. The highest BCUT2D eigenvalue weighted by molar-refractivity contribution is 7.89. The first kappa shape index (κ1) is 22.2. The Morgan fingerprint density at radius 3 is 2.45 bits per heavy atom. The van der Waals surface area contributed by atoms with Gasteiger partial charge in [-0.1, -0.05) is 29.3 Å². The summed E-state index contributed by atoms with van der Waals surface area (Å²) in [6.07, 6.45) is 0.772. The standard InChI is InChI=1S/C21H21Cl2NO6S/c22-16-2-1-15(18(23)11-16)13-30-21(25)14-5-7-24(8-6-14)31(26,27)17-3-4-19-20(12-17)29-10-9-28-19/h1-4,11-12,14H,5-10,13H2. The van der Waals surface area contributed by atoms with E-state index in [1.165, 1.54) is 16.4 Å². The van der Waals surface area contributed by atoms with Crippen LogP contribution < -0.4 is 9.47 Å². The molecule has 0 bridgehead atoms. The highest BCUT2D eigenvalue weighted by Crippen LogP contribution is 2.34. The molecule has 0 aliphatic carbocycles. The molecule has 0 aromatic heterocycles. The maximum atomic E-state index is 13.0. The van der Waals surface area contributed by atoms with Crippen molar-refractivity contribution in [3.63, 3.8) is 0 Å². The molecule has 2 heterocycles. The molecule has 2 aliphatic rings. The summed E-state index contributed by atoms with van der Waals surface area (Å²) in [4.78, 5) is 12.6. The third-order valence-electron chi connectivity index (χ3n) is 5.32. The van der Waals surface area contributed by atoms with Gasteiger partial charge in [0.2, 0.25) is 10.0 Å². The summed E-state index contributed by atoms with van der Waals surface area (Å²) < 4.78 is 43.7. The molecule has 0 unspecified atom stereocenters. The minimum absolute atomic E-state index is 0.0462. The van der Waals surface area contributed by atoms with Gasteiger partial charge in [-0.3, -0.25) is 4.79 Å². The van der Waals surface area contributed by atoms with E-state index in [0.717, 1.165) is 0 Å². The smallest absolute Gasteiger partial charge is 0.309 e. The van der Waals surface area contributed by atoms with Crippen LogP contribution in [0.3, 0.4) is 0 Å². The third-order valence-corrected chi connectivity index (χ3v) is 7.81. The van der Waals surface area contributed by atoms with Crippen molar-refractivity contribution in [2.45, 2.75) is 24.3 Å². The van der Waals surface area contributed by atoms with Gasteiger partial charge in [-0.15, -0.1) is 0 Å². The number of piperidine rings is 1. The summed E-state index contributed by atoms with van der Waals surface area (Å²) in [5.74, 6) is 0.235. The number of fused-ring (bicyclic) bond motifs is 1. The Balaban J connectivity index is 1.35. The zero-order valence-corrected chi connectivity index (χ0v) is 18.9. The summed E-state index contributed by atoms with van der Waals surface area (Å²) in [5.41, 5.74) is 0.665. The van der Waals surface area contributed by atoms with Gasteiger partial charge in [0, 0.05) is 34.8 Å². The van der Waals surface area contributed by atoms with Gasteiger partial charge in [-0.25, -0.2) is 8.42 Å². The molecule has 0 N–H and O–H groups in total. The van der Waals surface area contributed by atoms with Gasteiger partial charge in [-0.2, -0.15) is 4.31 Å². The van der Waals surface area contributed by atoms with E-state index in [2.05, 4.69) is 0 Å². The first-order chi connectivity index (χ1) is 14.8. The van der Waals surface area contributed by atoms with Gasteiger partial charge in [0.1, 0.15) is 19.8 Å². The lowest BCUT2D eigenvalue weighted by Gasteiger charge is -2.30. The molecule has 7 nitrogen and oxygen atoms in total. The molecule has 0 amide bonds. The minimum Gasteiger partial charge on any atom is -0.486 e. The van der Waals surface area contributed by atoms with E-state index in [-0.39, 0.29) is 36.5 Å². The number of nitrogens with zero attached hydrogens (tertiary/aromatic N) is 1. The fraction of sp³-hybridized carbons (Fsp3) is 0.381. The molecule has 0 atom stereocenters. The molecule has 0 saturated carbocycles. The molecular formula is C21H21Cl2NO6S. The van der Waals surface area contributed by atoms with Gasteiger partial charge >= 0.3 is 5.97 Å². The third kappa shape index (κ3) is 4.92. The van der Waals surface area contributed by atoms with Gasteiger partial charge in [0.25, 0.3) is 0 Å². The Labute approximate surface area is 190 Å². The average Bonchev–Trinajstić information content (AvgIpc) is 2.78. The van der Waals surface area contributed by atoms with Crippen molar-refractivity contribution >= 4 is 39.2 Å². The molecule has 2 aliphatic heterocycles. The Bertz CT molecular complexity index is 1080. The summed E-state index contributed by atoms with van der Waals surface area (Å²) >= 11 is 12.0. The number of hydrogen-bond acceptors (Lipinski definition) is 6. The van der Waals surface area contributed by atoms with Gasteiger partial charge < -0.3 is 14.2 Å². The monoisotopic (exact) mass is 485 g/mol. The lowest BCUT2D eigenvalue weighted by molar-refractivity contribution is -0.151. The second kappa shape index (κ2) is 9.24. The quantitative estimate of drug-likeness (QED) is 0.597. The van der Waals surface area contributed by atoms with Crippen LogP contribution in [0.4, 0.5) is 0 Å². The molecule has 0 radical (unpaired) electrons. The molecule has 2 aromatic rings. The summed E-state index contributed by atoms with van der Waals surface area (Å²) in [6.45, 7) is 1.33. The lowest BCUT2D eigenvalue weighted by atomic mass is 9.98. The number of carbonyl (C=O) groups is 1. The predicted molar refractivity (Wildman–Crippen MR) is 115 cm³/mol. The van der Waals surface area contributed by atoms with Crippen LogP contribution in [0.15, 0.2) is 41.3 Å². The molecule has 0 spiro atoms. The molecule has 1 fully saturated rings. The first-order valence-electron chi connectivity index (χ1n) is 9.85. The van der Waals surface area contributed by atoms with Crippen LogP contribution in [0.1, 0.15) is 18.4 Å². The molecule has 2 aromatic carbocycles. The highest BCUT2D eigenvalue weighted by atomic mass is 35.5. The Morgan fingerprint density at radius 1 is 1.03 bits per heavy atom. The van der Waals surface area contributed by atoms with E-state index in [0.29, 0.717) is 53.2 Å². The maximum Gasteiger partial charge on any atom is 0.309 e. The number of rotatable bonds is 5. The number of sulfonamides is 1. The number of esters is 1. The van der Waals surface area contributed by atoms with E-state index < -0.39 is 10.0 Å². The Morgan fingerprint density at radius 2 is 1.74 bits per heavy atom. The normalized spacial score (nSPS) is 17.4. The molecule has 31 heavy (non-hydrogen) atoms.